The first kappa shape index (κ1) is 24.5. The molecule has 3 fully saturated rings. The van der Waals surface area contributed by atoms with Crippen molar-refractivity contribution in [2.24, 2.45) is 23.2 Å². The minimum atomic E-state index is -0.623. The van der Waals surface area contributed by atoms with Crippen LogP contribution >= 0.6 is 0 Å². The minimum Gasteiger partial charge on any atom is -0.393 e. The first-order valence-corrected chi connectivity index (χ1v) is 12.4. The predicted molar refractivity (Wildman–Crippen MR) is 129 cm³/mol. The van der Waals surface area contributed by atoms with E-state index in [-0.39, 0.29) is 0 Å². The fourth-order valence-electron chi connectivity index (χ4n) is 6.42. The Kier molecular flexibility index (Phi) is 7.71. The van der Waals surface area contributed by atoms with E-state index in [1.165, 1.54) is 31.3 Å². The second-order valence-corrected chi connectivity index (χ2v) is 11.0. The number of allylic oxidation sites excluding steroid dienone is 4. The van der Waals surface area contributed by atoms with Crippen LogP contribution in [0.3, 0.4) is 0 Å². The van der Waals surface area contributed by atoms with Gasteiger partial charge in [-0.25, -0.2) is 0 Å². The maximum absolute atomic E-state index is 10.3. The molecule has 3 aliphatic carbocycles. The van der Waals surface area contributed by atoms with Crippen LogP contribution < -0.4 is 0 Å². The molecule has 0 heterocycles. The lowest BCUT2D eigenvalue weighted by Crippen LogP contribution is -2.35. The molecule has 3 N–H and O–H groups in total. The van der Waals surface area contributed by atoms with E-state index < -0.39 is 17.8 Å². The normalized spacial score (nSPS) is 39.8. The van der Waals surface area contributed by atoms with Gasteiger partial charge >= 0.3 is 0 Å². The Morgan fingerprint density at radius 2 is 2.00 bits per heavy atom. The highest BCUT2D eigenvalue weighted by atomic mass is 16.3. The van der Waals surface area contributed by atoms with Gasteiger partial charge in [-0.05, 0) is 92.6 Å². The average molecular weight is 429 g/mol. The Bertz CT molecular complexity index is 743. The zero-order chi connectivity index (χ0) is 22.8. The fourth-order valence-corrected chi connectivity index (χ4v) is 6.42. The van der Waals surface area contributed by atoms with E-state index in [9.17, 15) is 15.3 Å². The topological polar surface area (TPSA) is 60.7 Å². The maximum Gasteiger partial charge on any atom is 0.0811 e. The van der Waals surface area contributed by atoms with Gasteiger partial charge in [-0.15, -0.1) is 0 Å². The van der Waals surface area contributed by atoms with Gasteiger partial charge in [0.25, 0.3) is 0 Å². The van der Waals surface area contributed by atoms with Crippen LogP contribution in [0, 0.1) is 23.2 Å². The molecule has 3 aliphatic rings. The molecule has 0 aromatic heterocycles. The number of rotatable bonds is 6. The van der Waals surface area contributed by atoms with Crippen molar-refractivity contribution in [1.29, 1.82) is 0 Å². The third-order valence-electron chi connectivity index (χ3n) is 8.70. The molecule has 3 rings (SSSR count). The fraction of sp³-hybridized carbons (Fsp3) is 0.714. The number of aliphatic hydroxyl groups is 3. The van der Waals surface area contributed by atoms with Gasteiger partial charge in [-0.3, -0.25) is 0 Å². The molecule has 0 spiro atoms. The van der Waals surface area contributed by atoms with E-state index in [1.54, 1.807) is 0 Å². The molecule has 0 amide bonds. The van der Waals surface area contributed by atoms with Crippen LogP contribution in [0.4, 0.5) is 0 Å². The van der Waals surface area contributed by atoms with Gasteiger partial charge in [0.1, 0.15) is 0 Å². The monoisotopic (exact) mass is 428 g/mol. The molecule has 31 heavy (non-hydrogen) atoms. The SMILES string of the molecule is C=C1/C(=C\C=C2/CCC[C@]3(C)[C@@H]([C@H](C)/C=C/C[C@](C)(O)CC)CC[C@@H]23)C[C@@H](O)C[C@@H]1O. The zero-order valence-corrected chi connectivity index (χ0v) is 20.1. The zero-order valence-electron chi connectivity index (χ0n) is 20.1. The predicted octanol–water partition coefficient (Wildman–Crippen LogP) is 5.87. The second kappa shape index (κ2) is 9.77. The van der Waals surface area contributed by atoms with Gasteiger partial charge in [-0.1, -0.05) is 57.2 Å². The van der Waals surface area contributed by atoms with Gasteiger partial charge in [0.05, 0.1) is 17.8 Å². The van der Waals surface area contributed by atoms with Crippen LogP contribution in [-0.2, 0) is 0 Å². The van der Waals surface area contributed by atoms with E-state index in [1.807, 2.05) is 13.8 Å². The Hall–Kier alpha value is -1.16. The van der Waals surface area contributed by atoms with Crippen LogP contribution in [-0.4, -0.2) is 33.1 Å². The lowest BCUT2D eigenvalue weighted by molar-refractivity contribution is 0.0588. The summed E-state index contributed by atoms with van der Waals surface area (Å²) in [4.78, 5) is 0. The molecule has 0 bridgehead atoms. The molecular weight excluding hydrogens is 384 g/mol. The van der Waals surface area contributed by atoms with Gasteiger partial charge in [0.15, 0.2) is 0 Å². The summed E-state index contributed by atoms with van der Waals surface area (Å²) in [6, 6.07) is 0. The van der Waals surface area contributed by atoms with Crippen molar-refractivity contribution < 1.29 is 15.3 Å². The molecule has 3 nitrogen and oxygen atoms in total. The maximum atomic E-state index is 10.3. The molecule has 0 aromatic carbocycles. The standard InChI is InChI=1S/C28H44O3/c1-6-27(4,31)15-7-9-19(2)24-13-14-25-21(10-8-16-28(24,25)5)11-12-22-17-23(29)18-26(30)20(22)3/h7,9,11-12,19,23-26,29-31H,3,6,8,10,13-18H2,1-2,4-5H3/b9-7+,21-11+,22-12-/t19-,23-,24-,25+,26+,27-,28-/m1/s1. The second-order valence-electron chi connectivity index (χ2n) is 11.0. The molecule has 174 valence electrons. The van der Waals surface area contributed by atoms with Crippen molar-refractivity contribution in [3.05, 3.63) is 47.6 Å². The first-order chi connectivity index (χ1) is 14.6. The molecule has 0 unspecified atom stereocenters. The molecule has 0 aliphatic heterocycles. The van der Waals surface area contributed by atoms with Gasteiger partial charge < -0.3 is 15.3 Å². The lowest BCUT2D eigenvalue weighted by atomic mass is 9.61. The third-order valence-corrected chi connectivity index (χ3v) is 8.70. The highest BCUT2D eigenvalue weighted by molar-refractivity contribution is 5.38. The Morgan fingerprint density at radius 3 is 2.71 bits per heavy atom. The number of aliphatic hydroxyl groups excluding tert-OH is 2. The van der Waals surface area contributed by atoms with E-state index in [0.717, 1.165) is 30.4 Å². The van der Waals surface area contributed by atoms with Gasteiger partial charge in [-0.2, -0.15) is 0 Å². The summed E-state index contributed by atoms with van der Waals surface area (Å²) in [5.74, 6) is 1.80. The van der Waals surface area contributed by atoms with Crippen LogP contribution in [0.2, 0.25) is 0 Å². The quantitative estimate of drug-likeness (QED) is 0.464. The van der Waals surface area contributed by atoms with Crippen molar-refractivity contribution in [1.82, 2.24) is 0 Å². The average Bonchev–Trinajstić information content (AvgIpc) is 3.07. The van der Waals surface area contributed by atoms with Crippen LogP contribution in [0.5, 0.6) is 0 Å². The Labute approximate surface area is 189 Å². The smallest absolute Gasteiger partial charge is 0.0811 e. The number of hydrogen-bond donors (Lipinski definition) is 3. The van der Waals surface area contributed by atoms with Crippen molar-refractivity contribution in [2.75, 3.05) is 0 Å². The van der Waals surface area contributed by atoms with Crippen molar-refractivity contribution in [2.45, 2.75) is 103 Å². The van der Waals surface area contributed by atoms with Gasteiger partial charge in [0, 0.05) is 6.42 Å². The minimum absolute atomic E-state index is 0.322. The number of hydrogen-bond acceptors (Lipinski definition) is 3. The molecule has 3 saturated carbocycles. The largest absolute Gasteiger partial charge is 0.393 e. The molecule has 0 saturated heterocycles. The summed E-state index contributed by atoms with van der Waals surface area (Å²) in [7, 11) is 0. The Morgan fingerprint density at radius 1 is 1.26 bits per heavy atom. The van der Waals surface area contributed by atoms with Crippen LogP contribution in [0.25, 0.3) is 0 Å². The van der Waals surface area contributed by atoms with Crippen molar-refractivity contribution in [3.63, 3.8) is 0 Å². The molecule has 0 aromatic rings. The van der Waals surface area contributed by atoms with Crippen LogP contribution in [0.15, 0.2) is 47.6 Å². The van der Waals surface area contributed by atoms with Crippen LogP contribution in [0.1, 0.15) is 85.5 Å². The molecule has 7 atom stereocenters. The lowest BCUT2D eigenvalue weighted by Gasteiger charge is -2.44. The summed E-state index contributed by atoms with van der Waals surface area (Å²) < 4.78 is 0. The molecule has 3 heteroatoms. The first-order valence-electron chi connectivity index (χ1n) is 12.4. The third kappa shape index (κ3) is 5.43. The van der Waals surface area contributed by atoms with Gasteiger partial charge in [0.2, 0.25) is 0 Å². The van der Waals surface area contributed by atoms with E-state index >= 15 is 0 Å². The molecule has 0 radical (unpaired) electrons. The summed E-state index contributed by atoms with van der Waals surface area (Å²) in [5, 5.41) is 30.5. The highest BCUT2D eigenvalue weighted by Gasteiger charge is 2.50. The Balaban J connectivity index is 1.73. The summed E-state index contributed by atoms with van der Waals surface area (Å²) in [6.45, 7) is 12.9. The van der Waals surface area contributed by atoms with Crippen molar-refractivity contribution in [3.8, 4) is 0 Å². The molecular formula is C28H44O3. The van der Waals surface area contributed by atoms with E-state index in [2.05, 4.69) is 44.7 Å². The van der Waals surface area contributed by atoms with Crippen molar-refractivity contribution >= 4 is 0 Å². The van der Waals surface area contributed by atoms with E-state index in [0.29, 0.717) is 36.0 Å². The summed E-state index contributed by atoms with van der Waals surface area (Å²) in [6.07, 6.45) is 16.5. The highest BCUT2D eigenvalue weighted by Crippen LogP contribution is 2.59. The van der Waals surface area contributed by atoms with E-state index in [4.69, 9.17) is 0 Å². The number of fused-ring (bicyclic) bond motifs is 1. The summed E-state index contributed by atoms with van der Waals surface area (Å²) in [5.41, 5.74) is 3.03. The summed E-state index contributed by atoms with van der Waals surface area (Å²) >= 11 is 0.